The van der Waals surface area contributed by atoms with Crippen LogP contribution in [0.1, 0.15) is 46.5 Å². The normalized spacial score (nSPS) is 29.1. The lowest BCUT2D eigenvalue weighted by molar-refractivity contribution is 0.121. The summed E-state index contributed by atoms with van der Waals surface area (Å²) in [7, 11) is -1.72. The second-order valence-electron chi connectivity index (χ2n) is 5.69. The maximum Gasteiger partial charge on any atom is 0.282 e. The van der Waals surface area contributed by atoms with Crippen LogP contribution in [0.5, 0.6) is 0 Å². The third-order valence-corrected chi connectivity index (χ3v) is 6.74. The molecule has 2 N–H and O–H groups in total. The second kappa shape index (κ2) is 6.52. The summed E-state index contributed by atoms with van der Waals surface area (Å²) in [5.74, 6) is 0.534. The summed E-state index contributed by atoms with van der Waals surface area (Å²) in [5, 5.41) is 0. The third kappa shape index (κ3) is 3.29. The van der Waals surface area contributed by atoms with Crippen molar-refractivity contribution >= 4 is 10.2 Å². The zero-order chi connectivity index (χ0) is 14.7. The van der Waals surface area contributed by atoms with E-state index in [4.69, 9.17) is 5.73 Å². The van der Waals surface area contributed by atoms with Gasteiger partial charge in [-0.05, 0) is 18.8 Å². The Kier molecular flexibility index (Phi) is 5.79. The molecule has 0 aliphatic heterocycles. The zero-order valence-electron chi connectivity index (χ0n) is 12.7. The summed E-state index contributed by atoms with van der Waals surface area (Å²) in [6, 6.07) is 0. The van der Waals surface area contributed by atoms with Gasteiger partial charge < -0.3 is 5.73 Å². The molecule has 0 bridgehead atoms. The van der Waals surface area contributed by atoms with Crippen molar-refractivity contribution in [1.82, 2.24) is 8.61 Å². The van der Waals surface area contributed by atoms with Gasteiger partial charge >= 0.3 is 0 Å². The molecular formula is C13H29N3O2S. The van der Waals surface area contributed by atoms with Gasteiger partial charge in [0.25, 0.3) is 10.2 Å². The van der Waals surface area contributed by atoms with Crippen molar-refractivity contribution < 1.29 is 8.42 Å². The number of hydrogen-bond donors (Lipinski definition) is 1. The number of nitrogens with zero attached hydrogens (tertiary/aromatic N) is 2. The fourth-order valence-corrected chi connectivity index (χ4v) is 4.93. The highest BCUT2D eigenvalue weighted by Crippen LogP contribution is 2.37. The highest BCUT2D eigenvalue weighted by atomic mass is 32.2. The number of nitrogens with two attached hydrogens (primary N) is 1. The summed E-state index contributed by atoms with van der Waals surface area (Å²) >= 11 is 0. The van der Waals surface area contributed by atoms with Gasteiger partial charge in [-0.15, -0.1) is 0 Å². The molecule has 1 saturated carbocycles. The monoisotopic (exact) mass is 291 g/mol. The van der Waals surface area contributed by atoms with E-state index in [-0.39, 0.29) is 0 Å². The fourth-order valence-electron chi connectivity index (χ4n) is 3.20. The SMILES string of the molecule is CCN(CC)S(=O)(=O)N(C)C1(CN)CCCC(C)C1. The van der Waals surface area contributed by atoms with Crippen LogP contribution < -0.4 is 5.73 Å². The Bertz CT molecular complexity index is 381. The first-order valence-corrected chi connectivity index (χ1v) is 8.68. The molecule has 2 unspecified atom stereocenters. The van der Waals surface area contributed by atoms with E-state index in [0.717, 1.165) is 19.3 Å². The van der Waals surface area contributed by atoms with Crippen LogP contribution in [0.3, 0.4) is 0 Å². The van der Waals surface area contributed by atoms with Crippen LogP contribution in [0, 0.1) is 5.92 Å². The van der Waals surface area contributed by atoms with Crippen molar-refractivity contribution in [3.8, 4) is 0 Å². The maximum absolute atomic E-state index is 12.7. The Morgan fingerprint density at radius 1 is 1.32 bits per heavy atom. The lowest BCUT2D eigenvalue weighted by Gasteiger charge is -2.46. The highest BCUT2D eigenvalue weighted by Gasteiger charge is 2.44. The first kappa shape index (κ1) is 16.9. The van der Waals surface area contributed by atoms with Gasteiger partial charge in [-0.1, -0.05) is 33.6 Å². The van der Waals surface area contributed by atoms with Crippen molar-refractivity contribution in [1.29, 1.82) is 0 Å². The fraction of sp³-hybridized carbons (Fsp3) is 1.00. The number of hydrogen-bond acceptors (Lipinski definition) is 3. The van der Waals surface area contributed by atoms with E-state index in [2.05, 4.69) is 6.92 Å². The average Bonchev–Trinajstić information content (AvgIpc) is 2.38. The van der Waals surface area contributed by atoms with Crippen molar-refractivity contribution in [2.24, 2.45) is 11.7 Å². The second-order valence-corrected chi connectivity index (χ2v) is 7.65. The van der Waals surface area contributed by atoms with Crippen LogP contribution in [-0.4, -0.2) is 49.2 Å². The third-order valence-electron chi connectivity index (χ3n) is 4.49. The molecular weight excluding hydrogens is 262 g/mol. The molecule has 5 nitrogen and oxygen atoms in total. The Labute approximate surface area is 118 Å². The molecule has 0 amide bonds. The summed E-state index contributed by atoms with van der Waals surface area (Å²) in [5.41, 5.74) is 5.55. The molecule has 0 heterocycles. The predicted molar refractivity (Wildman–Crippen MR) is 79.0 cm³/mol. The van der Waals surface area contributed by atoms with Crippen LogP contribution in [0.4, 0.5) is 0 Å². The Morgan fingerprint density at radius 3 is 2.32 bits per heavy atom. The van der Waals surface area contributed by atoms with Crippen molar-refractivity contribution in [2.45, 2.75) is 52.0 Å². The minimum absolute atomic E-state index is 0.397. The largest absolute Gasteiger partial charge is 0.329 e. The van der Waals surface area contributed by atoms with Gasteiger partial charge in [-0.25, -0.2) is 0 Å². The summed E-state index contributed by atoms with van der Waals surface area (Å²) < 4.78 is 28.4. The van der Waals surface area contributed by atoms with Crippen molar-refractivity contribution in [3.05, 3.63) is 0 Å². The van der Waals surface area contributed by atoms with Crippen molar-refractivity contribution in [2.75, 3.05) is 26.7 Å². The van der Waals surface area contributed by atoms with Gasteiger partial charge in [0.05, 0.1) is 0 Å². The molecule has 114 valence electrons. The van der Waals surface area contributed by atoms with E-state index in [9.17, 15) is 8.42 Å². The quantitative estimate of drug-likeness (QED) is 0.804. The summed E-state index contributed by atoms with van der Waals surface area (Å²) in [4.78, 5) is 0. The average molecular weight is 291 g/mol. The topological polar surface area (TPSA) is 66.6 Å². The lowest BCUT2D eigenvalue weighted by Crippen LogP contribution is -2.59. The zero-order valence-corrected chi connectivity index (χ0v) is 13.5. The number of likely N-dealkylation sites (N-methyl/N-ethyl adjacent to an activating group) is 1. The minimum atomic E-state index is -3.41. The first-order chi connectivity index (χ1) is 8.84. The maximum atomic E-state index is 12.7. The lowest BCUT2D eigenvalue weighted by atomic mass is 9.76. The predicted octanol–water partition coefficient (Wildman–Crippen LogP) is 1.41. The summed E-state index contributed by atoms with van der Waals surface area (Å²) in [6.07, 6.45) is 3.95. The van der Waals surface area contributed by atoms with Crippen LogP contribution in [0.2, 0.25) is 0 Å². The van der Waals surface area contributed by atoms with E-state index < -0.39 is 15.7 Å². The van der Waals surface area contributed by atoms with E-state index in [0.29, 0.717) is 25.6 Å². The Morgan fingerprint density at radius 2 is 1.89 bits per heavy atom. The molecule has 0 aromatic carbocycles. The molecule has 0 saturated heterocycles. The molecule has 6 heteroatoms. The minimum Gasteiger partial charge on any atom is -0.329 e. The van der Waals surface area contributed by atoms with Crippen molar-refractivity contribution in [3.63, 3.8) is 0 Å². The van der Waals surface area contributed by atoms with Gasteiger partial charge in [0, 0.05) is 32.2 Å². The van der Waals surface area contributed by atoms with Gasteiger partial charge in [0.15, 0.2) is 0 Å². The van der Waals surface area contributed by atoms with Crippen LogP contribution >= 0.6 is 0 Å². The van der Waals surface area contributed by atoms with Gasteiger partial charge in [-0.3, -0.25) is 0 Å². The van der Waals surface area contributed by atoms with E-state index in [1.54, 1.807) is 11.4 Å². The molecule has 0 radical (unpaired) electrons. The van der Waals surface area contributed by atoms with E-state index >= 15 is 0 Å². The van der Waals surface area contributed by atoms with Crippen LogP contribution in [0.15, 0.2) is 0 Å². The Balaban J connectivity index is 3.04. The van der Waals surface area contributed by atoms with Crippen LogP contribution in [0.25, 0.3) is 0 Å². The van der Waals surface area contributed by atoms with E-state index in [1.165, 1.54) is 10.7 Å². The standard InChI is InChI=1S/C13H29N3O2S/c1-5-16(6-2)19(17,18)15(4)13(11-14)9-7-8-12(3)10-13/h12H,5-11,14H2,1-4H3. The molecule has 0 aromatic heterocycles. The molecule has 0 spiro atoms. The van der Waals surface area contributed by atoms with E-state index in [1.807, 2.05) is 13.8 Å². The highest BCUT2D eigenvalue weighted by molar-refractivity contribution is 7.86. The molecule has 19 heavy (non-hydrogen) atoms. The molecule has 2 atom stereocenters. The first-order valence-electron chi connectivity index (χ1n) is 7.28. The smallest absolute Gasteiger partial charge is 0.282 e. The van der Waals surface area contributed by atoms with Gasteiger partial charge in [0.1, 0.15) is 0 Å². The number of rotatable bonds is 6. The molecule has 1 aliphatic carbocycles. The van der Waals surface area contributed by atoms with Crippen LogP contribution in [-0.2, 0) is 10.2 Å². The molecule has 1 aliphatic rings. The summed E-state index contributed by atoms with van der Waals surface area (Å²) in [6.45, 7) is 7.32. The molecule has 0 aromatic rings. The molecule has 1 rings (SSSR count). The Hall–Kier alpha value is -0.170. The van der Waals surface area contributed by atoms with Gasteiger partial charge in [0.2, 0.25) is 0 Å². The molecule has 1 fully saturated rings. The van der Waals surface area contributed by atoms with Gasteiger partial charge in [-0.2, -0.15) is 17.0 Å².